The van der Waals surface area contributed by atoms with Crippen LogP contribution in [0.5, 0.6) is 17.2 Å². The van der Waals surface area contributed by atoms with Crippen molar-refractivity contribution in [1.29, 1.82) is 0 Å². The van der Waals surface area contributed by atoms with E-state index in [-0.39, 0.29) is 40.4 Å². The number of carbonyl (C=O) groups is 1. The molecule has 35 heavy (non-hydrogen) atoms. The third-order valence-electron chi connectivity index (χ3n) is 5.26. The van der Waals surface area contributed by atoms with Crippen molar-refractivity contribution in [2.45, 2.75) is 6.18 Å². The molecular weight excluding hydrogens is 465 g/mol. The summed E-state index contributed by atoms with van der Waals surface area (Å²) in [6, 6.07) is 16.3. The van der Waals surface area contributed by atoms with Gasteiger partial charge in [0.25, 0.3) is 0 Å². The summed E-state index contributed by atoms with van der Waals surface area (Å²) < 4.78 is 62.8. The number of hydrogen-bond acceptors (Lipinski definition) is 6. The van der Waals surface area contributed by atoms with Crippen molar-refractivity contribution in [2.75, 3.05) is 20.8 Å². The Hall–Kier alpha value is -4.27. The van der Waals surface area contributed by atoms with E-state index >= 15 is 0 Å². The van der Waals surface area contributed by atoms with Crippen molar-refractivity contribution in [1.82, 2.24) is 0 Å². The summed E-state index contributed by atoms with van der Waals surface area (Å²) >= 11 is 0. The molecule has 0 saturated heterocycles. The van der Waals surface area contributed by atoms with Crippen molar-refractivity contribution in [3.63, 3.8) is 0 Å². The van der Waals surface area contributed by atoms with Gasteiger partial charge in [0, 0.05) is 11.6 Å². The van der Waals surface area contributed by atoms with Crippen LogP contribution in [-0.4, -0.2) is 26.6 Å². The van der Waals surface area contributed by atoms with Crippen LogP contribution in [0.4, 0.5) is 13.2 Å². The summed E-state index contributed by atoms with van der Waals surface area (Å²) in [4.78, 5) is 25.4. The predicted octanol–water partition coefficient (Wildman–Crippen LogP) is 5.76. The maximum Gasteiger partial charge on any atom is 0.450 e. The number of carbonyl (C=O) groups excluding carboxylic acids is 1. The van der Waals surface area contributed by atoms with Crippen LogP contribution in [0.3, 0.4) is 0 Å². The molecule has 0 amide bonds. The normalized spacial score (nSPS) is 11.3. The smallest absolute Gasteiger partial charge is 0.450 e. The van der Waals surface area contributed by atoms with E-state index in [4.69, 9.17) is 18.6 Å². The maximum absolute atomic E-state index is 13.9. The van der Waals surface area contributed by atoms with E-state index < -0.39 is 22.9 Å². The highest BCUT2D eigenvalue weighted by Gasteiger charge is 2.39. The highest BCUT2D eigenvalue weighted by Crippen LogP contribution is 2.40. The average molecular weight is 484 g/mol. The summed E-state index contributed by atoms with van der Waals surface area (Å²) in [5, 5.41) is -0.0791. The van der Waals surface area contributed by atoms with Crippen molar-refractivity contribution in [3.8, 4) is 28.4 Å². The molecule has 0 aliphatic heterocycles. The number of fused-ring (bicyclic) bond motifs is 1. The Morgan fingerprint density at radius 3 is 2.29 bits per heavy atom. The third kappa shape index (κ3) is 4.84. The number of ether oxygens (including phenoxy) is 3. The first-order chi connectivity index (χ1) is 16.7. The van der Waals surface area contributed by atoms with Crippen LogP contribution in [0.1, 0.15) is 16.1 Å². The lowest BCUT2D eigenvalue weighted by molar-refractivity contribution is -0.152. The molecule has 4 aromatic rings. The Kier molecular flexibility index (Phi) is 6.50. The van der Waals surface area contributed by atoms with Gasteiger partial charge in [-0.25, -0.2) is 0 Å². The molecule has 0 fully saturated rings. The van der Waals surface area contributed by atoms with Crippen molar-refractivity contribution in [2.24, 2.45) is 0 Å². The predicted molar refractivity (Wildman–Crippen MR) is 122 cm³/mol. The highest BCUT2D eigenvalue weighted by molar-refractivity contribution is 5.97. The molecule has 0 atom stereocenters. The molecule has 0 saturated carbocycles. The van der Waals surface area contributed by atoms with E-state index in [2.05, 4.69) is 0 Å². The molecular formula is C26H19F3O6. The second-order valence-corrected chi connectivity index (χ2v) is 7.44. The molecule has 0 radical (unpaired) electrons. The molecule has 6 nitrogen and oxygen atoms in total. The van der Waals surface area contributed by atoms with Crippen LogP contribution in [0.2, 0.25) is 0 Å². The molecule has 0 spiro atoms. The van der Waals surface area contributed by atoms with Gasteiger partial charge in [-0.2, -0.15) is 13.2 Å². The van der Waals surface area contributed by atoms with Gasteiger partial charge in [-0.15, -0.1) is 0 Å². The van der Waals surface area contributed by atoms with Crippen LogP contribution in [-0.2, 0) is 6.18 Å². The summed E-state index contributed by atoms with van der Waals surface area (Å²) in [5.41, 5.74) is -1.47. The number of rotatable bonds is 7. The molecule has 1 aromatic heterocycles. The number of halogens is 3. The Balaban J connectivity index is 1.77. The van der Waals surface area contributed by atoms with Gasteiger partial charge in [-0.05, 0) is 29.8 Å². The van der Waals surface area contributed by atoms with Gasteiger partial charge in [0.15, 0.2) is 23.9 Å². The summed E-state index contributed by atoms with van der Waals surface area (Å²) in [7, 11) is 2.72. The van der Waals surface area contributed by atoms with Gasteiger partial charge in [0.2, 0.25) is 11.2 Å². The lowest BCUT2D eigenvalue weighted by atomic mass is 10.0. The van der Waals surface area contributed by atoms with Crippen LogP contribution < -0.4 is 19.6 Å². The monoisotopic (exact) mass is 484 g/mol. The lowest BCUT2D eigenvalue weighted by Crippen LogP contribution is -2.16. The van der Waals surface area contributed by atoms with Crippen molar-refractivity contribution >= 4 is 16.8 Å². The zero-order valence-electron chi connectivity index (χ0n) is 18.6. The minimum absolute atomic E-state index is 0.0422. The molecule has 0 bridgehead atoms. The van der Waals surface area contributed by atoms with Gasteiger partial charge in [-0.1, -0.05) is 36.4 Å². The number of benzene rings is 3. The van der Waals surface area contributed by atoms with Gasteiger partial charge < -0.3 is 18.6 Å². The van der Waals surface area contributed by atoms with Crippen LogP contribution >= 0.6 is 0 Å². The third-order valence-corrected chi connectivity index (χ3v) is 5.26. The first-order valence-corrected chi connectivity index (χ1v) is 10.3. The molecule has 0 aliphatic rings. The molecule has 4 rings (SSSR count). The Labute approximate surface area is 197 Å². The quantitative estimate of drug-likeness (QED) is 0.311. The van der Waals surface area contributed by atoms with Gasteiger partial charge in [0.05, 0.1) is 25.2 Å². The molecule has 1 heterocycles. The van der Waals surface area contributed by atoms with E-state index in [1.165, 1.54) is 44.6 Å². The number of alkyl halides is 3. The van der Waals surface area contributed by atoms with Gasteiger partial charge in [-0.3, -0.25) is 9.59 Å². The molecule has 3 aromatic carbocycles. The standard InChI is InChI=1S/C26H19F3O6/c1-32-20-11-8-16(12-22(20)33-2)23-24(31)18-10-9-17(13-21(18)35-25(23)26(27,28)29)34-14-19(30)15-6-4-3-5-7-15/h3-13H,14H2,1-2H3. The van der Waals surface area contributed by atoms with Crippen molar-refractivity contribution in [3.05, 3.63) is 88.3 Å². The first kappa shape index (κ1) is 23.9. The van der Waals surface area contributed by atoms with E-state index in [0.29, 0.717) is 11.3 Å². The van der Waals surface area contributed by atoms with E-state index in [9.17, 15) is 22.8 Å². The zero-order valence-corrected chi connectivity index (χ0v) is 18.6. The lowest BCUT2D eigenvalue weighted by Gasteiger charge is -2.15. The largest absolute Gasteiger partial charge is 0.493 e. The van der Waals surface area contributed by atoms with Crippen LogP contribution in [0, 0.1) is 0 Å². The number of ketones is 1. The van der Waals surface area contributed by atoms with E-state index in [1.54, 1.807) is 30.3 Å². The summed E-state index contributed by atoms with van der Waals surface area (Å²) in [6.07, 6.45) is -4.96. The number of Topliss-reactive ketones (excluding diaryl/α,β-unsaturated/α-hetero) is 1. The first-order valence-electron chi connectivity index (χ1n) is 10.3. The second-order valence-electron chi connectivity index (χ2n) is 7.44. The zero-order chi connectivity index (χ0) is 25.2. The molecule has 0 aliphatic carbocycles. The van der Waals surface area contributed by atoms with E-state index in [0.717, 1.165) is 6.07 Å². The summed E-state index contributed by atoms with van der Waals surface area (Å²) in [6.45, 7) is -0.338. The minimum Gasteiger partial charge on any atom is -0.493 e. The molecule has 9 heteroatoms. The fraction of sp³-hybridized carbons (Fsp3) is 0.154. The minimum atomic E-state index is -4.96. The Bertz CT molecular complexity index is 1440. The van der Waals surface area contributed by atoms with Crippen molar-refractivity contribution < 1.29 is 36.6 Å². The van der Waals surface area contributed by atoms with Crippen LogP contribution in [0.25, 0.3) is 22.1 Å². The topological polar surface area (TPSA) is 75.0 Å². The fourth-order valence-corrected chi connectivity index (χ4v) is 3.57. The Morgan fingerprint density at radius 1 is 0.914 bits per heavy atom. The van der Waals surface area contributed by atoms with Gasteiger partial charge >= 0.3 is 6.18 Å². The maximum atomic E-state index is 13.9. The van der Waals surface area contributed by atoms with E-state index in [1.807, 2.05) is 0 Å². The second kappa shape index (κ2) is 9.54. The highest BCUT2D eigenvalue weighted by atomic mass is 19.4. The fourth-order valence-electron chi connectivity index (χ4n) is 3.57. The molecule has 0 unspecified atom stereocenters. The SMILES string of the molecule is COc1ccc(-c2c(C(F)(F)F)oc3cc(OCC(=O)c4ccccc4)ccc3c2=O)cc1OC. The number of hydrogen-bond donors (Lipinski definition) is 0. The van der Waals surface area contributed by atoms with Gasteiger partial charge in [0.1, 0.15) is 11.3 Å². The van der Waals surface area contributed by atoms with Crippen LogP contribution in [0.15, 0.2) is 75.9 Å². The Morgan fingerprint density at radius 2 is 1.63 bits per heavy atom. The number of methoxy groups -OCH3 is 2. The molecule has 0 N–H and O–H groups in total. The summed E-state index contributed by atoms with van der Waals surface area (Å²) in [5.74, 6) is -1.24. The molecule has 180 valence electrons. The average Bonchev–Trinajstić information content (AvgIpc) is 2.86.